The third-order valence-electron chi connectivity index (χ3n) is 6.08. The number of hydrogen-bond acceptors (Lipinski definition) is 4. The van der Waals surface area contributed by atoms with E-state index in [9.17, 15) is 9.59 Å². The molecular formula is C24H38N4O2. The Morgan fingerprint density at radius 2 is 1.00 bits per heavy atom. The van der Waals surface area contributed by atoms with Crippen molar-refractivity contribution in [2.24, 2.45) is 23.7 Å². The van der Waals surface area contributed by atoms with Gasteiger partial charge in [0.25, 0.3) is 0 Å². The Bertz CT molecular complexity index is 639. The van der Waals surface area contributed by atoms with Crippen LogP contribution in [-0.2, 0) is 9.59 Å². The molecule has 2 heterocycles. The van der Waals surface area contributed by atoms with E-state index in [2.05, 4.69) is 48.1 Å². The van der Waals surface area contributed by atoms with Gasteiger partial charge in [0.1, 0.15) is 0 Å². The summed E-state index contributed by atoms with van der Waals surface area (Å²) in [4.78, 5) is 29.3. The Kier molecular flexibility index (Phi) is 7.89. The van der Waals surface area contributed by atoms with Crippen molar-refractivity contribution in [3.8, 4) is 0 Å². The molecule has 2 aliphatic rings. The molecule has 0 spiro atoms. The van der Waals surface area contributed by atoms with Crippen molar-refractivity contribution >= 4 is 23.2 Å². The molecule has 4 unspecified atom stereocenters. The molecular weight excluding hydrogens is 376 g/mol. The zero-order valence-corrected chi connectivity index (χ0v) is 19.0. The Hall–Kier alpha value is -1.92. The Morgan fingerprint density at radius 3 is 1.30 bits per heavy atom. The molecule has 2 N–H and O–H groups in total. The first-order valence-corrected chi connectivity index (χ1v) is 11.4. The van der Waals surface area contributed by atoms with Crippen molar-refractivity contribution in [2.45, 2.75) is 40.5 Å². The smallest absolute Gasteiger partial charge is 0.238 e. The number of anilines is 2. The summed E-state index contributed by atoms with van der Waals surface area (Å²) in [6.07, 6.45) is 2.47. The highest BCUT2D eigenvalue weighted by Crippen LogP contribution is 2.22. The first-order chi connectivity index (χ1) is 14.3. The van der Waals surface area contributed by atoms with Gasteiger partial charge in [-0.05, 0) is 60.8 Å². The van der Waals surface area contributed by atoms with Crippen LogP contribution in [0, 0.1) is 23.7 Å². The lowest BCUT2D eigenvalue weighted by atomic mass is 9.92. The Labute approximate surface area is 181 Å². The molecule has 4 atom stereocenters. The van der Waals surface area contributed by atoms with Crippen LogP contribution in [0.3, 0.4) is 0 Å². The van der Waals surface area contributed by atoms with Crippen LogP contribution in [0.25, 0.3) is 0 Å². The van der Waals surface area contributed by atoms with Crippen LogP contribution >= 0.6 is 0 Å². The largest absolute Gasteiger partial charge is 0.325 e. The van der Waals surface area contributed by atoms with E-state index in [0.717, 1.165) is 37.6 Å². The summed E-state index contributed by atoms with van der Waals surface area (Å²) in [6.45, 7) is 13.8. The van der Waals surface area contributed by atoms with E-state index in [0.29, 0.717) is 36.8 Å². The molecule has 2 saturated heterocycles. The molecule has 6 heteroatoms. The van der Waals surface area contributed by atoms with Gasteiger partial charge in [0.05, 0.1) is 13.1 Å². The molecule has 2 aliphatic heterocycles. The van der Waals surface area contributed by atoms with E-state index < -0.39 is 0 Å². The molecule has 6 nitrogen and oxygen atoms in total. The number of hydrogen-bond donors (Lipinski definition) is 2. The number of nitrogens with one attached hydrogen (secondary N) is 2. The van der Waals surface area contributed by atoms with E-state index in [1.165, 1.54) is 12.8 Å². The molecule has 2 amide bonds. The monoisotopic (exact) mass is 414 g/mol. The molecule has 166 valence electrons. The van der Waals surface area contributed by atoms with Crippen molar-refractivity contribution < 1.29 is 9.59 Å². The van der Waals surface area contributed by atoms with E-state index in [1.807, 2.05) is 24.3 Å². The zero-order chi connectivity index (χ0) is 21.7. The predicted molar refractivity (Wildman–Crippen MR) is 122 cm³/mol. The van der Waals surface area contributed by atoms with Crippen molar-refractivity contribution in [2.75, 3.05) is 49.9 Å². The lowest BCUT2D eigenvalue weighted by molar-refractivity contribution is -0.118. The van der Waals surface area contributed by atoms with Gasteiger partial charge in [-0.15, -0.1) is 0 Å². The number of benzene rings is 1. The standard InChI is InChI=1S/C24H38N4O2/c1-17-9-18(2)12-27(11-17)15-23(29)25-21-5-7-22(8-6-21)26-24(30)16-28-13-19(3)10-20(4)14-28/h5-8,17-20H,9-16H2,1-4H3,(H,25,29)(H,26,30). The fourth-order valence-corrected chi connectivity index (χ4v) is 5.29. The van der Waals surface area contributed by atoms with Crippen LogP contribution in [0.5, 0.6) is 0 Å². The van der Waals surface area contributed by atoms with Gasteiger partial charge in [0, 0.05) is 37.6 Å². The van der Waals surface area contributed by atoms with E-state index in [1.54, 1.807) is 0 Å². The zero-order valence-electron chi connectivity index (χ0n) is 19.0. The van der Waals surface area contributed by atoms with Crippen molar-refractivity contribution in [1.29, 1.82) is 0 Å². The topological polar surface area (TPSA) is 64.7 Å². The van der Waals surface area contributed by atoms with E-state index >= 15 is 0 Å². The second kappa shape index (κ2) is 10.4. The van der Waals surface area contributed by atoms with Gasteiger partial charge in [-0.1, -0.05) is 27.7 Å². The number of carbonyl (C=O) groups excluding carboxylic acids is 2. The minimum Gasteiger partial charge on any atom is -0.325 e. The Morgan fingerprint density at radius 1 is 0.700 bits per heavy atom. The molecule has 0 radical (unpaired) electrons. The van der Waals surface area contributed by atoms with Crippen LogP contribution < -0.4 is 10.6 Å². The normalized spacial score (nSPS) is 28.1. The van der Waals surface area contributed by atoms with Crippen LogP contribution in [0.1, 0.15) is 40.5 Å². The summed E-state index contributed by atoms with van der Waals surface area (Å²) in [5.41, 5.74) is 1.52. The summed E-state index contributed by atoms with van der Waals surface area (Å²) >= 11 is 0. The maximum Gasteiger partial charge on any atom is 0.238 e. The van der Waals surface area contributed by atoms with Crippen molar-refractivity contribution in [1.82, 2.24) is 9.80 Å². The number of nitrogens with zero attached hydrogens (tertiary/aromatic N) is 2. The van der Waals surface area contributed by atoms with Gasteiger partial charge in [0.15, 0.2) is 0 Å². The number of likely N-dealkylation sites (tertiary alicyclic amines) is 2. The highest BCUT2D eigenvalue weighted by atomic mass is 16.2. The van der Waals surface area contributed by atoms with E-state index in [-0.39, 0.29) is 11.8 Å². The predicted octanol–water partition coefficient (Wildman–Crippen LogP) is 3.52. The van der Waals surface area contributed by atoms with Crippen LogP contribution in [0.15, 0.2) is 24.3 Å². The first kappa shape index (κ1) is 22.8. The highest BCUT2D eigenvalue weighted by Gasteiger charge is 2.24. The van der Waals surface area contributed by atoms with Gasteiger partial charge in [-0.2, -0.15) is 0 Å². The van der Waals surface area contributed by atoms with Gasteiger partial charge in [0.2, 0.25) is 11.8 Å². The number of piperidine rings is 2. The minimum absolute atomic E-state index is 0.0152. The summed E-state index contributed by atoms with van der Waals surface area (Å²) in [6, 6.07) is 7.39. The fraction of sp³-hybridized carbons (Fsp3) is 0.667. The van der Waals surface area contributed by atoms with Crippen molar-refractivity contribution in [3.05, 3.63) is 24.3 Å². The molecule has 0 aromatic heterocycles. The molecule has 0 aliphatic carbocycles. The second-order valence-corrected chi connectivity index (χ2v) is 9.95. The molecule has 0 bridgehead atoms. The molecule has 0 saturated carbocycles. The molecule has 2 fully saturated rings. The third kappa shape index (κ3) is 7.10. The summed E-state index contributed by atoms with van der Waals surface area (Å²) in [5, 5.41) is 5.95. The van der Waals surface area contributed by atoms with Gasteiger partial charge in [-0.25, -0.2) is 0 Å². The second-order valence-electron chi connectivity index (χ2n) is 9.95. The fourth-order valence-electron chi connectivity index (χ4n) is 5.29. The lowest BCUT2D eigenvalue weighted by Gasteiger charge is -2.34. The average molecular weight is 415 g/mol. The summed E-state index contributed by atoms with van der Waals surface area (Å²) in [7, 11) is 0. The molecule has 1 aromatic rings. The van der Waals surface area contributed by atoms with Crippen LogP contribution in [0.4, 0.5) is 11.4 Å². The minimum atomic E-state index is 0.0152. The Balaban J connectivity index is 1.44. The number of carbonyl (C=O) groups is 2. The molecule has 1 aromatic carbocycles. The maximum absolute atomic E-state index is 12.4. The van der Waals surface area contributed by atoms with Crippen LogP contribution in [0.2, 0.25) is 0 Å². The summed E-state index contributed by atoms with van der Waals surface area (Å²) < 4.78 is 0. The maximum atomic E-state index is 12.4. The first-order valence-electron chi connectivity index (χ1n) is 11.4. The average Bonchev–Trinajstić information content (AvgIpc) is 2.61. The van der Waals surface area contributed by atoms with E-state index in [4.69, 9.17) is 0 Å². The van der Waals surface area contributed by atoms with Crippen molar-refractivity contribution in [3.63, 3.8) is 0 Å². The van der Waals surface area contributed by atoms with Gasteiger partial charge in [-0.3, -0.25) is 19.4 Å². The number of amides is 2. The third-order valence-corrected chi connectivity index (χ3v) is 6.08. The SMILES string of the molecule is CC1CC(C)CN(CC(=O)Nc2ccc(NC(=O)CN3CC(C)CC(C)C3)cc2)C1. The number of rotatable bonds is 6. The molecule has 3 rings (SSSR count). The van der Waals surface area contributed by atoms with Crippen LogP contribution in [-0.4, -0.2) is 60.9 Å². The lowest BCUT2D eigenvalue weighted by Crippen LogP contribution is -2.43. The summed E-state index contributed by atoms with van der Waals surface area (Å²) in [5.74, 6) is 2.59. The van der Waals surface area contributed by atoms with Gasteiger partial charge >= 0.3 is 0 Å². The molecule has 30 heavy (non-hydrogen) atoms. The highest BCUT2D eigenvalue weighted by molar-refractivity contribution is 5.94. The quantitative estimate of drug-likeness (QED) is 0.748. The van der Waals surface area contributed by atoms with Gasteiger partial charge < -0.3 is 10.6 Å².